The number of fused-ring (bicyclic) bond motifs is 1. The van der Waals surface area contributed by atoms with E-state index >= 15 is 0 Å². The van der Waals surface area contributed by atoms with Crippen LogP contribution in [0.25, 0.3) is 16.7 Å². The number of hydrogen-bond donors (Lipinski definition) is 2. The van der Waals surface area contributed by atoms with Crippen molar-refractivity contribution in [1.82, 2.24) is 19.5 Å². The molecule has 0 amide bonds. The lowest BCUT2D eigenvalue weighted by Crippen LogP contribution is -2.29. The van der Waals surface area contributed by atoms with Gasteiger partial charge in [0.05, 0.1) is 28.6 Å². The van der Waals surface area contributed by atoms with E-state index in [0.29, 0.717) is 0 Å². The second kappa shape index (κ2) is 4.33. The average molecular weight is 296 g/mol. The van der Waals surface area contributed by atoms with Crippen LogP contribution in [0.3, 0.4) is 0 Å². The maximum Gasteiger partial charge on any atom is 0.418 e. The Morgan fingerprint density at radius 3 is 2.19 bits per heavy atom. The summed E-state index contributed by atoms with van der Waals surface area (Å²) in [5.74, 6) is 0. The first-order chi connectivity index (χ1) is 9.86. The molecule has 0 aliphatic rings. The SMILES string of the molecule is O=c1[nH]c2cc(-n3ccnc3)c(C(F)(F)F)cc2[nH]c1=O. The topological polar surface area (TPSA) is 83.5 Å². The third kappa shape index (κ3) is 2.22. The summed E-state index contributed by atoms with van der Waals surface area (Å²) in [5, 5.41) is 0. The first-order valence-electron chi connectivity index (χ1n) is 5.72. The molecular formula is C12H7F3N4O2. The molecule has 0 spiro atoms. The van der Waals surface area contributed by atoms with E-state index in [1.807, 2.05) is 0 Å². The summed E-state index contributed by atoms with van der Waals surface area (Å²) in [6.07, 6.45) is -0.735. The average Bonchev–Trinajstić information content (AvgIpc) is 2.91. The molecule has 2 aromatic heterocycles. The molecule has 3 rings (SSSR count). The Hall–Kier alpha value is -2.84. The van der Waals surface area contributed by atoms with Gasteiger partial charge in [-0.05, 0) is 12.1 Å². The van der Waals surface area contributed by atoms with Crippen LogP contribution >= 0.6 is 0 Å². The number of rotatable bonds is 1. The third-order valence-corrected chi connectivity index (χ3v) is 2.93. The van der Waals surface area contributed by atoms with Crippen LogP contribution < -0.4 is 11.1 Å². The van der Waals surface area contributed by atoms with Crippen molar-refractivity contribution in [3.8, 4) is 5.69 Å². The quantitative estimate of drug-likeness (QED) is 0.666. The highest BCUT2D eigenvalue weighted by molar-refractivity contribution is 5.78. The Labute approximate surface area is 113 Å². The number of alkyl halides is 3. The van der Waals surface area contributed by atoms with Crippen molar-refractivity contribution >= 4 is 11.0 Å². The van der Waals surface area contributed by atoms with Crippen LogP contribution in [-0.2, 0) is 6.18 Å². The van der Waals surface area contributed by atoms with Gasteiger partial charge in [-0.25, -0.2) is 4.98 Å². The Morgan fingerprint density at radius 1 is 1.05 bits per heavy atom. The highest BCUT2D eigenvalue weighted by Crippen LogP contribution is 2.35. The summed E-state index contributed by atoms with van der Waals surface area (Å²) in [4.78, 5) is 30.5. The van der Waals surface area contributed by atoms with E-state index in [0.717, 1.165) is 12.1 Å². The number of nitrogens with zero attached hydrogens (tertiary/aromatic N) is 2. The van der Waals surface area contributed by atoms with Gasteiger partial charge in [0.15, 0.2) is 0 Å². The molecule has 9 heteroatoms. The molecule has 0 aliphatic heterocycles. The van der Waals surface area contributed by atoms with Gasteiger partial charge in [0, 0.05) is 12.4 Å². The molecule has 0 saturated heterocycles. The molecule has 3 aromatic rings. The minimum absolute atomic E-state index is 0.0938. The summed E-state index contributed by atoms with van der Waals surface area (Å²) >= 11 is 0. The van der Waals surface area contributed by atoms with E-state index in [2.05, 4.69) is 15.0 Å². The fourth-order valence-electron chi connectivity index (χ4n) is 2.00. The zero-order valence-electron chi connectivity index (χ0n) is 10.2. The van der Waals surface area contributed by atoms with Crippen molar-refractivity contribution in [3.05, 3.63) is 57.1 Å². The summed E-state index contributed by atoms with van der Waals surface area (Å²) < 4.78 is 40.6. The summed E-state index contributed by atoms with van der Waals surface area (Å²) in [6.45, 7) is 0. The Kier molecular flexibility index (Phi) is 2.71. The van der Waals surface area contributed by atoms with E-state index in [1.165, 1.54) is 23.3 Å². The van der Waals surface area contributed by atoms with E-state index in [4.69, 9.17) is 0 Å². The van der Waals surface area contributed by atoms with Crippen molar-refractivity contribution in [2.24, 2.45) is 0 Å². The molecule has 21 heavy (non-hydrogen) atoms. The van der Waals surface area contributed by atoms with Crippen LogP contribution in [0.4, 0.5) is 13.2 Å². The largest absolute Gasteiger partial charge is 0.418 e. The lowest BCUT2D eigenvalue weighted by molar-refractivity contribution is -0.137. The number of imidazole rings is 1. The Bertz CT molecular complexity index is 922. The second-order valence-electron chi connectivity index (χ2n) is 4.29. The van der Waals surface area contributed by atoms with Gasteiger partial charge in [0.2, 0.25) is 0 Å². The molecule has 6 nitrogen and oxygen atoms in total. The molecule has 0 radical (unpaired) electrons. The monoisotopic (exact) mass is 296 g/mol. The number of aromatic amines is 2. The molecule has 0 aliphatic carbocycles. The molecule has 0 unspecified atom stereocenters. The zero-order chi connectivity index (χ0) is 15.2. The molecule has 0 atom stereocenters. The van der Waals surface area contributed by atoms with Crippen molar-refractivity contribution in [2.75, 3.05) is 0 Å². The molecule has 108 valence electrons. The van der Waals surface area contributed by atoms with Gasteiger partial charge >= 0.3 is 17.3 Å². The minimum Gasteiger partial charge on any atom is -0.316 e. The van der Waals surface area contributed by atoms with E-state index in [1.54, 1.807) is 0 Å². The number of nitrogens with one attached hydrogen (secondary N) is 2. The van der Waals surface area contributed by atoms with Gasteiger partial charge in [-0.3, -0.25) is 9.59 Å². The molecule has 2 N–H and O–H groups in total. The number of H-pyrrole nitrogens is 2. The maximum atomic E-state index is 13.2. The molecule has 2 heterocycles. The van der Waals surface area contributed by atoms with Crippen LogP contribution in [-0.4, -0.2) is 19.5 Å². The van der Waals surface area contributed by atoms with Gasteiger partial charge in [-0.2, -0.15) is 13.2 Å². The van der Waals surface area contributed by atoms with Crippen molar-refractivity contribution in [2.45, 2.75) is 6.18 Å². The summed E-state index contributed by atoms with van der Waals surface area (Å²) in [6, 6.07) is 1.92. The number of halogens is 3. The number of aromatic nitrogens is 4. The fourth-order valence-corrected chi connectivity index (χ4v) is 2.00. The normalized spacial score (nSPS) is 12.0. The molecular weight excluding hydrogens is 289 g/mol. The maximum absolute atomic E-state index is 13.2. The lowest BCUT2D eigenvalue weighted by Gasteiger charge is -2.14. The fraction of sp³-hybridized carbons (Fsp3) is 0.0833. The van der Waals surface area contributed by atoms with E-state index in [-0.39, 0.29) is 16.7 Å². The van der Waals surface area contributed by atoms with Crippen molar-refractivity contribution < 1.29 is 13.2 Å². The van der Waals surface area contributed by atoms with E-state index < -0.39 is 22.9 Å². The van der Waals surface area contributed by atoms with Crippen LogP contribution in [0.15, 0.2) is 40.4 Å². The predicted molar refractivity (Wildman–Crippen MR) is 67.3 cm³/mol. The van der Waals surface area contributed by atoms with Crippen LogP contribution in [0, 0.1) is 0 Å². The first-order valence-corrected chi connectivity index (χ1v) is 5.72. The van der Waals surface area contributed by atoms with Gasteiger partial charge in [-0.15, -0.1) is 0 Å². The van der Waals surface area contributed by atoms with Crippen LogP contribution in [0.5, 0.6) is 0 Å². The highest BCUT2D eigenvalue weighted by atomic mass is 19.4. The van der Waals surface area contributed by atoms with Crippen LogP contribution in [0.1, 0.15) is 5.56 Å². The predicted octanol–water partition coefficient (Wildman–Crippen LogP) is 1.42. The Morgan fingerprint density at radius 2 is 1.67 bits per heavy atom. The molecule has 0 fully saturated rings. The van der Waals surface area contributed by atoms with Gasteiger partial charge in [0.25, 0.3) is 0 Å². The summed E-state index contributed by atoms with van der Waals surface area (Å²) in [5.41, 5.74) is -3.09. The standard InChI is InChI=1S/C12H7F3N4O2/c13-12(14,15)6-3-7-8(18-11(21)10(20)17-7)4-9(6)19-2-1-16-5-19/h1-5H,(H,17,20)(H,18,21). The van der Waals surface area contributed by atoms with Crippen LogP contribution in [0.2, 0.25) is 0 Å². The lowest BCUT2D eigenvalue weighted by atomic mass is 10.1. The van der Waals surface area contributed by atoms with Gasteiger partial charge in [-0.1, -0.05) is 0 Å². The molecule has 1 aromatic carbocycles. The summed E-state index contributed by atoms with van der Waals surface area (Å²) in [7, 11) is 0. The number of benzene rings is 1. The molecule has 0 bridgehead atoms. The highest BCUT2D eigenvalue weighted by Gasteiger charge is 2.34. The van der Waals surface area contributed by atoms with Gasteiger partial charge < -0.3 is 14.5 Å². The third-order valence-electron chi connectivity index (χ3n) is 2.93. The van der Waals surface area contributed by atoms with E-state index in [9.17, 15) is 22.8 Å². The van der Waals surface area contributed by atoms with Crippen molar-refractivity contribution in [3.63, 3.8) is 0 Å². The first kappa shape index (κ1) is 13.2. The molecule has 0 saturated carbocycles. The van der Waals surface area contributed by atoms with Crippen molar-refractivity contribution in [1.29, 1.82) is 0 Å². The zero-order valence-corrected chi connectivity index (χ0v) is 10.2. The minimum atomic E-state index is -4.62. The number of hydrogen-bond acceptors (Lipinski definition) is 3. The second-order valence-corrected chi connectivity index (χ2v) is 4.29. The Balaban J connectivity index is 2.42. The smallest absolute Gasteiger partial charge is 0.316 e. The van der Waals surface area contributed by atoms with Gasteiger partial charge in [0.1, 0.15) is 0 Å².